The predicted octanol–water partition coefficient (Wildman–Crippen LogP) is 2.89. The van der Waals surface area contributed by atoms with Crippen molar-refractivity contribution in [3.63, 3.8) is 0 Å². The quantitative estimate of drug-likeness (QED) is 0.296. The Hall–Kier alpha value is -3.74. The molecule has 1 aliphatic heterocycles. The Kier molecular flexibility index (Phi) is 6.40. The summed E-state index contributed by atoms with van der Waals surface area (Å²) in [6, 6.07) is 11.1. The minimum atomic E-state index is -3.81. The fourth-order valence-electron chi connectivity index (χ4n) is 3.15. The first kappa shape index (κ1) is 22.5. The van der Waals surface area contributed by atoms with E-state index in [1.165, 1.54) is 42.7 Å². The molecule has 0 saturated heterocycles. The van der Waals surface area contributed by atoms with Gasteiger partial charge in [0, 0.05) is 23.3 Å². The third kappa shape index (κ3) is 5.19. The summed E-state index contributed by atoms with van der Waals surface area (Å²) >= 11 is 0. The van der Waals surface area contributed by atoms with Gasteiger partial charge >= 0.3 is 5.97 Å². The molecule has 0 fully saturated rings. The van der Waals surface area contributed by atoms with E-state index >= 15 is 0 Å². The van der Waals surface area contributed by atoms with Gasteiger partial charge in [-0.1, -0.05) is 0 Å². The molecule has 4 rings (SSSR count). The first-order chi connectivity index (χ1) is 15.8. The molecule has 0 aliphatic carbocycles. The summed E-state index contributed by atoms with van der Waals surface area (Å²) in [6.07, 6.45) is 1.44. The molecule has 0 unspecified atom stereocenters. The molecule has 0 atom stereocenters. The van der Waals surface area contributed by atoms with E-state index in [0.29, 0.717) is 22.6 Å². The molecule has 0 amide bonds. The molecule has 0 bridgehead atoms. The van der Waals surface area contributed by atoms with Crippen molar-refractivity contribution in [3.8, 4) is 5.75 Å². The Morgan fingerprint density at radius 1 is 1.18 bits per heavy atom. The van der Waals surface area contributed by atoms with Crippen LogP contribution >= 0.6 is 0 Å². The highest BCUT2D eigenvalue weighted by atomic mass is 32.2. The van der Waals surface area contributed by atoms with Crippen molar-refractivity contribution in [3.05, 3.63) is 87.4 Å². The maximum Gasteiger partial charge on any atom is 0.338 e. The van der Waals surface area contributed by atoms with Crippen molar-refractivity contribution < 1.29 is 36.8 Å². The number of rotatable bonds is 8. The lowest BCUT2D eigenvalue weighted by molar-refractivity contribution is -0.385. The Labute approximate surface area is 188 Å². The van der Waals surface area contributed by atoms with E-state index in [2.05, 4.69) is 4.72 Å². The number of sulfonamides is 1. The van der Waals surface area contributed by atoms with Crippen molar-refractivity contribution in [1.82, 2.24) is 4.72 Å². The first-order valence-electron chi connectivity index (χ1n) is 9.63. The number of nitrogens with one attached hydrogen (secondary N) is 1. The summed E-state index contributed by atoms with van der Waals surface area (Å²) in [5, 5.41) is 11.2. The van der Waals surface area contributed by atoms with Crippen LogP contribution in [0, 0.1) is 10.1 Å². The Bertz CT molecular complexity index is 1270. The topological polar surface area (TPSA) is 147 Å². The number of carbonyl (C=O) groups is 1. The van der Waals surface area contributed by atoms with E-state index in [1.54, 1.807) is 12.1 Å². The largest absolute Gasteiger partial charge is 0.468 e. The van der Waals surface area contributed by atoms with Crippen LogP contribution in [0.3, 0.4) is 0 Å². The summed E-state index contributed by atoms with van der Waals surface area (Å²) in [6.45, 7) is -0.162. The number of ether oxygens (including phenoxy) is 3. The van der Waals surface area contributed by atoms with E-state index in [0.717, 1.165) is 0 Å². The number of furan rings is 1. The summed E-state index contributed by atoms with van der Waals surface area (Å²) in [5.41, 5.74) is 0.754. The lowest BCUT2D eigenvalue weighted by Gasteiger charge is -2.20. The third-order valence-electron chi connectivity index (χ3n) is 4.76. The minimum Gasteiger partial charge on any atom is -0.468 e. The number of hydrogen-bond acceptors (Lipinski definition) is 9. The lowest BCUT2D eigenvalue weighted by atomic mass is 10.1. The molecule has 2 heterocycles. The maximum atomic E-state index is 12.4. The number of benzene rings is 2. The van der Waals surface area contributed by atoms with Crippen LogP contribution in [0.5, 0.6) is 5.75 Å². The second-order valence-corrected chi connectivity index (χ2v) is 8.73. The lowest BCUT2D eigenvalue weighted by Crippen LogP contribution is -2.23. The van der Waals surface area contributed by atoms with Crippen LogP contribution < -0.4 is 9.46 Å². The number of nitro groups is 1. The van der Waals surface area contributed by atoms with Crippen molar-refractivity contribution >= 4 is 21.7 Å². The van der Waals surface area contributed by atoms with Crippen LogP contribution in [0.25, 0.3) is 0 Å². The molecular formula is C21H18N2O9S. The number of fused-ring (bicyclic) bond motifs is 1. The minimum absolute atomic E-state index is 0.0141. The number of nitro benzene ring substituents is 1. The van der Waals surface area contributed by atoms with Crippen LogP contribution in [0.15, 0.2) is 64.1 Å². The van der Waals surface area contributed by atoms with Gasteiger partial charge in [-0.05, 0) is 36.4 Å². The number of esters is 1. The SMILES string of the molecule is O=C(OCc1cc([N+](=O)[O-])cc2c1OCOC2)c1ccc(S(=O)(=O)NCc2ccco2)cc1. The average molecular weight is 474 g/mol. The zero-order valence-corrected chi connectivity index (χ0v) is 17.9. The van der Waals surface area contributed by atoms with Crippen molar-refractivity contribution in [2.45, 2.75) is 24.7 Å². The van der Waals surface area contributed by atoms with Gasteiger partial charge in [0.05, 0.1) is 34.8 Å². The zero-order valence-electron chi connectivity index (χ0n) is 17.1. The zero-order chi connectivity index (χ0) is 23.4. The number of non-ortho nitro benzene ring substituents is 1. The van der Waals surface area contributed by atoms with Crippen molar-refractivity contribution in [2.24, 2.45) is 0 Å². The van der Waals surface area contributed by atoms with E-state index in [-0.39, 0.29) is 42.7 Å². The number of nitrogens with zero attached hydrogens (tertiary/aromatic N) is 1. The van der Waals surface area contributed by atoms with Crippen LogP contribution in [-0.2, 0) is 39.3 Å². The second kappa shape index (κ2) is 9.40. The van der Waals surface area contributed by atoms with E-state index in [4.69, 9.17) is 18.6 Å². The Balaban J connectivity index is 1.43. The fraction of sp³-hybridized carbons (Fsp3) is 0.190. The van der Waals surface area contributed by atoms with Crippen molar-refractivity contribution in [2.75, 3.05) is 6.79 Å². The molecule has 0 radical (unpaired) electrons. The summed E-state index contributed by atoms with van der Waals surface area (Å²) in [4.78, 5) is 23.0. The van der Waals surface area contributed by atoms with Crippen LogP contribution in [0.1, 0.15) is 27.2 Å². The van der Waals surface area contributed by atoms with Gasteiger partial charge in [-0.3, -0.25) is 10.1 Å². The molecule has 1 aliphatic rings. The molecule has 2 aromatic carbocycles. The van der Waals surface area contributed by atoms with Crippen molar-refractivity contribution in [1.29, 1.82) is 0 Å². The highest BCUT2D eigenvalue weighted by Crippen LogP contribution is 2.33. The normalized spacial score (nSPS) is 13.1. The molecule has 0 spiro atoms. The molecule has 1 aromatic heterocycles. The van der Waals surface area contributed by atoms with Crippen LogP contribution in [0.4, 0.5) is 5.69 Å². The summed E-state index contributed by atoms with van der Waals surface area (Å²) in [5.74, 6) is 0.108. The molecule has 11 nitrogen and oxygen atoms in total. The predicted molar refractivity (Wildman–Crippen MR) is 112 cm³/mol. The first-order valence-corrected chi connectivity index (χ1v) is 11.1. The average Bonchev–Trinajstić information content (AvgIpc) is 3.35. The molecule has 33 heavy (non-hydrogen) atoms. The third-order valence-corrected chi connectivity index (χ3v) is 6.18. The van der Waals surface area contributed by atoms with Gasteiger partial charge in [-0.25, -0.2) is 17.9 Å². The standard InChI is InChI=1S/C21H18N2O9S/c24-21(31-12-16-9-17(23(25)26)8-15-11-29-13-32-20(15)16)14-3-5-19(6-4-14)33(27,28)22-10-18-2-1-7-30-18/h1-9,22H,10-13H2. The fourth-order valence-corrected chi connectivity index (χ4v) is 4.15. The number of carbonyl (C=O) groups excluding carboxylic acids is 1. The summed E-state index contributed by atoms with van der Waals surface area (Å²) in [7, 11) is -3.81. The van der Waals surface area contributed by atoms with Gasteiger partial charge in [0.15, 0.2) is 6.79 Å². The van der Waals surface area contributed by atoms with Gasteiger partial charge in [-0.15, -0.1) is 0 Å². The van der Waals surface area contributed by atoms with Gasteiger partial charge in [-0.2, -0.15) is 0 Å². The maximum absolute atomic E-state index is 12.4. The smallest absolute Gasteiger partial charge is 0.338 e. The summed E-state index contributed by atoms with van der Waals surface area (Å²) < 4.78 is 48.1. The van der Waals surface area contributed by atoms with E-state index in [9.17, 15) is 23.3 Å². The highest BCUT2D eigenvalue weighted by molar-refractivity contribution is 7.89. The van der Waals surface area contributed by atoms with Gasteiger partial charge in [0.2, 0.25) is 10.0 Å². The molecule has 0 saturated carbocycles. The van der Waals surface area contributed by atoms with Crippen LogP contribution in [0.2, 0.25) is 0 Å². The van der Waals surface area contributed by atoms with E-state index < -0.39 is 20.9 Å². The number of hydrogen-bond donors (Lipinski definition) is 1. The molecule has 12 heteroatoms. The highest BCUT2D eigenvalue weighted by Gasteiger charge is 2.22. The molecular weight excluding hydrogens is 456 g/mol. The molecule has 3 aromatic rings. The molecule has 172 valence electrons. The van der Waals surface area contributed by atoms with E-state index in [1.807, 2.05) is 0 Å². The molecule has 1 N–H and O–H groups in total. The van der Waals surface area contributed by atoms with Gasteiger partial charge < -0.3 is 18.6 Å². The second-order valence-electron chi connectivity index (χ2n) is 6.97. The Morgan fingerprint density at radius 3 is 2.67 bits per heavy atom. The monoisotopic (exact) mass is 474 g/mol. The van der Waals surface area contributed by atoms with Gasteiger partial charge in [0.1, 0.15) is 18.1 Å². The Morgan fingerprint density at radius 2 is 1.97 bits per heavy atom. The van der Waals surface area contributed by atoms with Gasteiger partial charge in [0.25, 0.3) is 5.69 Å². The van der Waals surface area contributed by atoms with Crippen LogP contribution in [-0.4, -0.2) is 26.1 Å².